The van der Waals surface area contributed by atoms with Gasteiger partial charge in [-0.25, -0.2) is 0 Å². The number of hydrogen-bond donors (Lipinski definition) is 2. The van der Waals surface area contributed by atoms with E-state index < -0.39 is 23.3 Å². The molecule has 0 aromatic carbocycles. The van der Waals surface area contributed by atoms with E-state index >= 15 is 0 Å². The van der Waals surface area contributed by atoms with E-state index in [0.717, 1.165) is 18.3 Å². The first-order chi connectivity index (χ1) is 5.93. The molecule has 0 bridgehead atoms. The van der Waals surface area contributed by atoms with Crippen LogP contribution < -0.4 is 5.73 Å². The van der Waals surface area contributed by atoms with Gasteiger partial charge in [0.15, 0.2) is 0 Å². The molecule has 0 unspecified atom stereocenters. The maximum absolute atomic E-state index is 12.2. The Labute approximate surface area is 71.9 Å². The molecular weight excluding hydrogens is 183 g/mol. The van der Waals surface area contributed by atoms with Gasteiger partial charge >= 0.3 is 6.18 Å². The Morgan fingerprint density at radius 3 is 2.46 bits per heavy atom. The quantitative estimate of drug-likeness (QED) is 0.517. The molecule has 0 atom stereocenters. The van der Waals surface area contributed by atoms with Crippen molar-refractivity contribution in [1.82, 2.24) is 4.98 Å². The third-order valence-electron chi connectivity index (χ3n) is 1.37. The summed E-state index contributed by atoms with van der Waals surface area (Å²) < 4.78 is 36.6. The third kappa shape index (κ3) is 1.95. The van der Waals surface area contributed by atoms with Crippen molar-refractivity contribution >= 4 is 5.84 Å². The second kappa shape index (κ2) is 3.04. The fourth-order valence-electron chi connectivity index (χ4n) is 0.849. The predicted molar refractivity (Wildman–Crippen MR) is 40.3 cm³/mol. The zero-order valence-electron chi connectivity index (χ0n) is 6.39. The number of nitrogen functional groups attached to an aromatic ring is 1. The third-order valence-corrected chi connectivity index (χ3v) is 1.37. The van der Waals surface area contributed by atoms with Gasteiger partial charge in [0.1, 0.15) is 11.5 Å². The number of pyridine rings is 1. The number of nitrogens with two attached hydrogens (primary N) is 1. The van der Waals surface area contributed by atoms with Gasteiger partial charge in [-0.05, 0) is 12.1 Å². The Hall–Kier alpha value is -1.59. The SMILES string of the molecule is N=C(N)c1ncccc1C(F)(F)F. The molecule has 0 aliphatic heterocycles. The molecule has 70 valence electrons. The molecular formula is C7H6F3N3. The van der Waals surface area contributed by atoms with Gasteiger partial charge in [0.05, 0.1) is 5.56 Å². The summed E-state index contributed by atoms with van der Waals surface area (Å²) in [5.74, 6) is -0.687. The van der Waals surface area contributed by atoms with Crippen molar-refractivity contribution in [2.45, 2.75) is 6.18 Å². The predicted octanol–water partition coefficient (Wildman–Crippen LogP) is 1.38. The number of amidine groups is 1. The first kappa shape index (κ1) is 9.50. The Kier molecular flexibility index (Phi) is 2.22. The maximum Gasteiger partial charge on any atom is 0.418 e. The topological polar surface area (TPSA) is 62.8 Å². The van der Waals surface area contributed by atoms with E-state index in [-0.39, 0.29) is 0 Å². The zero-order chi connectivity index (χ0) is 10.1. The first-order valence-electron chi connectivity index (χ1n) is 3.29. The molecule has 0 aliphatic carbocycles. The molecule has 13 heavy (non-hydrogen) atoms. The minimum absolute atomic E-state index is 0.532. The van der Waals surface area contributed by atoms with Gasteiger partial charge < -0.3 is 5.73 Å². The van der Waals surface area contributed by atoms with Crippen LogP contribution >= 0.6 is 0 Å². The molecule has 1 aromatic rings. The number of halogens is 3. The number of alkyl halides is 3. The van der Waals surface area contributed by atoms with Crippen LogP contribution in [0.1, 0.15) is 11.3 Å². The van der Waals surface area contributed by atoms with Gasteiger partial charge in [0, 0.05) is 6.20 Å². The highest BCUT2D eigenvalue weighted by atomic mass is 19.4. The van der Waals surface area contributed by atoms with Crippen molar-refractivity contribution in [2.75, 3.05) is 0 Å². The highest BCUT2D eigenvalue weighted by Crippen LogP contribution is 2.30. The number of rotatable bonds is 1. The summed E-state index contributed by atoms with van der Waals surface area (Å²) in [7, 11) is 0. The molecule has 1 rings (SSSR count). The number of aromatic nitrogens is 1. The molecule has 3 nitrogen and oxygen atoms in total. The number of nitrogens with one attached hydrogen (secondary N) is 1. The van der Waals surface area contributed by atoms with E-state index in [1.807, 2.05) is 0 Å². The van der Waals surface area contributed by atoms with E-state index in [9.17, 15) is 13.2 Å². The molecule has 0 amide bonds. The van der Waals surface area contributed by atoms with Crippen molar-refractivity contribution in [3.63, 3.8) is 0 Å². The molecule has 1 aromatic heterocycles. The van der Waals surface area contributed by atoms with Crippen LogP contribution in [0.25, 0.3) is 0 Å². The van der Waals surface area contributed by atoms with Crippen molar-refractivity contribution in [3.05, 3.63) is 29.6 Å². The molecule has 0 fully saturated rings. The van der Waals surface area contributed by atoms with E-state index in [1.165, 1.54) is 0 Å². The molecule has 0 radical (unpaired) electrons. The Balaban J connectivity index is 3.28. The molecule has 0 aliphatic rings. The van der Waals surface area contributed by atoms with E-state index in [4.69, 9.17) is 11.1 Å². The van der Waals surface area contributed by atoms with Gasteiger partial charge in [0.2, 0.25) is 0 Å². The Bertz CT molecular complexity index is 332. The Morgan fingerprint density at radius 2 is 2.08 bits per heavy atom. The summed E-state index contributed by atoms with van der Waals surface area (Å²) in [5.41, 5.74) is 3.42. The van der Waals surface area contributed by atoms with Gasteiger partial charge in [-0.15, -0.1) is 0 Å². The van der Waals surface area contributed by atoms with Crippen molar-refractivity contribution in [2.24, 2.45) is 5.73 Å². The average Bonchev–Trinajstić information content (AvgIpc) is 2.03. The summed E-state index contributed by atoms with van der Waals surface area (Å²) in [6, 6.07) is 1.99. The lowest BCUT2D eigenvalue weighted by molar-refractivity contribution is -0.138. The normalized spacial score (nSPS) is 11.3. The van der Waals surface area contributed by atoms with Crippen LogP contribution in [0.5, 0.6) is 0 Å². The average molecular weight is 189 g/mol. The standard InChI is InChI=1S/C7H6F3N3/c8-7(9,10)4-2-1-3-13-5(4)6(11)12/h1-3H,(H3,11,12). The van der Waals surface area contributed by atoms with E-state index in [0.29, 0.717) is 0 Å². The molecule has 0 spiro atoms. The lowest BCUT2D eigenvalue weighted by atomic mass is 10.2. The highest BCUT2D eigenvalue weighted by Gasteiger charge is 2.34. The highest BCUT2D eigenvalue weighted by molar-refractivity contribution is 5.94. The van der Waals surface area contributed by atoms with Crippen LogP contribution in [-0.4, -0.2) is 10.8 Å². The minimum atomic E-state index is -4.52. The van der Waals surface area contributed by atoms with Crippen molar-refractivity contribution in [3.8, 4) is 0 Å². The Morgan fingerprint density at radius 1 is 1.46 bits per heavy atom. The fourth-order valence-corrected chi connectivity index (χ4v) is 0.849. The molecule has 6 heteroatoms. The summed E-state index contributed by atoms with van der Waals surface area (Å²) in [6.07, 6.45) is -3.36. The van der Waals surface area contributed by atoms with Crippen LogP contribution in [0.2, 0.25) is 0 Å². The summed E-state index contributed by atoms with van der Waals surface area (Å²) in [6.45, 7) is 0. The second-order valence-corrected chi connectivity index (χ2v) is 2.31. The van der Waals surface area contributed by atoms with Crippen LogP contribution in [0, 0.1) is 5.41 Å². The maximum atomic E-state index is 12.2. The van der Waals surface area contributed by atoms with Crippen LogP contribution in [0.15, 0.2) is 18.3 Å². The van der Waals surface area contributed by atoms with Gasteiger partial charge in [-0.3, -0.25) is 10.4 Å². The van der Waals surface area contributed by atoms with Gasteiger partial charge in [0.25, 0.3) is 0 Å². The van der Waals surface area contributed by atoms with E-state index in [2.05, 4.69) is 4.98 Å². The van der Waals surface area contributed by atoms with Crippen molar-refractivity contribution < 1.29 is 13.2 Å². The van der Waals surface area contributed by atoms with Crippen molar-refractivity contribution in [1.29, 1.82) is 5.41 Å². The minimum Gasteiger partial charge on any atom is -0.382 e. The molecule has 0 saturated heterocycles. The first-order valence-corrected chi connectivity index (χ1v) is 3.29. The van der Waals surface area contributed by atoms with Gasteiger partial charge in [-0.1, -0.05) is 0 Å². The second-order valence-electron chi connectivity index (χ2n) is 2.31. The molecule has 1 heterocycles. The van der Waals surface area contributed by atoms with Crippen LogP contribution in [0.3, 0.4) is 0 Å². The van der Waals surface area contributed by atoms with Crippen LogP contribution in [-0.2, 0) is 6.18 Å². The van der Waals surface area contributed by atoms with E-state index in [1.54, 1.807) is 0 Å². The summed E-state index contributed by atoms with van der Waals surface area (Å²) in [4.78, 5) is 3.38. The monoisotopic (exact) mass is 189 g/mol. The lowest BCUT2D eigenvalue weighted by Gasteiger charge is -2.09. The fraction of sp³-hybridized carbons (Fsp3) is 0.143. The lowest BCUT2D eigenvalue weighted by Crippen LogP contribution is -2.20. The number of nitrogens with zero attached hydrogens (tertiary/aromatic N) is 1. The van der Waals surface area contributed by atoms with Gasteiger partial charge in [-0.2, -0.15) is 13.2 Å². The van der Waals surface area contributed by atoms with Crippen LogP contribution in [0.4, 0.5) is 13.2 Å². The largest absolute Gasteiger partial charge is 0.418 e. The zero-order valence-corrected chi connectivity index (χ0v) is 6.39. The molecule has 0 saturated carbocycles. The number of hydrogen-bond acceptors (Lipinski definition) is 2. The molecule has 3 N–H and O–H groups in total. The summed E-state index contributed by atoms with van der Waals surface area (Å²) in [5, 5.41) is 6.87. The summed E-state index contributed by atoms with van der Waals surface area (Å²) >= 11 is 0. The smallest absolute Gasteiger partial charge is 0.382 e.